The third kappa shape index (κ3) is 5.49. The van der Waals surface area contributed by atoms with E-state index in [0.29, 0.717) is 12.5 Å². The maximum Gasteiger partial charge on any atom is 0.308 e. The van der Waals surface area contributed by atoms with Gasteiger partial charge >= 0.3 is 5.97 Å². The van der Waals surface area contributed by atoms with Crippen LogP contribution in [0.4, 0.5) is 0 Å². The zero-order valence-corrected chi connectivity index (χ0v) is 11.2. The van der Waals surface area contributed by atoms with Gasteiger partial charge < -0.3 is 4.74 Å². The number of ether oxygens (including phenoxy) is 1. The first-order chi connectivity index (χ1) is 5.75. The summed E-state index contributed by atoms with van der Waals surface area (Å²) in [6, 6.07) is 0. The summed E-state index contributed by atoms with van der Waals surface area (Å²) in [6.07, 6.45) is 0. The number of hydrogen-bond donors (Lipinski definition) is 0. The van der Waals surface area contributed by atoms with Gasteiger partial charge in [-0.25, -0.2) is 0 Å². The van der Waals surface area contributed by atoms with Crippen molar-refractivity contribution in [3.63, 3.8) is 0 Å². The van der Waals surface area contributed by atoms with Crippen molar-refractivity contribution in [2.24, 2.45) is 11.8 Å². The van der Waals surface area contributed by atoms with Crippen LogP contribution in [-0.2, 0) is 9.53 Å². The second kappa shape index (κ2) is 5.17. The highest BCUT2D eigenvalue weighted by atomic mass is 127. The smallest absolute Gasteiger partial charge is 0.308 e. The van der Waals surface area contributed by atoms with Crippen molar-refractivity contribution in [3.05, 3.63) is 0 Å². The predicted molar refractivity (Wildman–Crippen MR) is 63.1 cm³/mol. The highest BCUT2D eigenvalue weighted by molar-refractivity contribution is 14.1. The van der Waals surface area contributed by atoms with E-state index >= 15 is 0 Å². The van der Waals surface area contributed by atoms with Crippen molar-refractivity contribution in [1.82, 2.24) is 0 Å². The molecule has 0 saturated carbocycles. The second-order valence-corrected chi connectivity index (χ2v) is 7.03. The lowest BCUT2D eigenvalue weighted by Crippen LogP contribution is -2.27. The lowest BCUT2D eigenvalue weighted by Gasteiger charge is -2.25. The Labute approximate surface area is 94.6 Å². The Bertz CT molecular complexity index is 170. The summed E-state index contributed by atoms with van der Waals surface area (Å²) < 4.78 is 5.32. The largest absolute Gasteiger partial charge is 0.465 e. The minimum Gasteiger partial charge on any atom is -0.465 e. The Morgan fingerprint density at radius 1 is 1.38 bits per heavy atom. The van der Waals surface area contributed by atoms with Gasteiger partial charge in [-0.2, -0.15) is 0 Å². The van der Waals surface area contributed by atoms with Crippen molar-refractivity contribution >= 4 is 28.6 Å². The van der Waals surface area contributed by atoms with Gasteiger partial charge in [-0.15, -0.1) is 0 Å². The number of hydrogen-bond acceptors (Lipinski definition) is 2. The number of carbonyl (C=O) groups excluding carboxylic acids is 1. The normalized spacial score (nSPS) is 14.4. The molecule has 0 aliphatic carbocycles. The first kappa shape index (κ1) is 13.2. The number of rotatable bonds is 4. The molecule has 0 aliphatic heterocycles. The molecular weight excluding hydrogens is 279 g/mol. The van der Waals surface area contributed by atoms with Gasteiger partial charge in [0.2, 0.25) is 0 Å². The first-order valence-electron chi connectivity index (χ1n) is 4.60. The van der Waals surface area contributed by atoms with Crippen molar-refractivity contribution < 1.29 is 9.53 Å². The molecule has 0 fully saturated rings. The molecule has 3 heteroatoms. The first-order valence-corrected chi connectivity index (χ1v) is 5.68. The minimum absolute atomic E-state index is 0.0236. The van der Waals surface area contributed by atoms with E-state index in [1.54, 1.807) is 0 Å². The summed E-state index contributed by atoms with van der Waals surface area (Å²) in [5.41, 5.74) is 0. The summed E-state index contributed by atoms with van der Waals surface area (Å²) in [5.74, 6) is 0.257. The van der Waals surface area contributed by atoms with E-state index in [2.05, 4.69) is 43.4 Å². The number of carbonyl (C=O) groups is 1. The minimum atomic E-state index is -0.104. The number of alkyl halides is 1. The molecule has 1 atom stereocenters. The molecule has 2 nitrogen and oxygen atoms in total. The fourth-order valence-corrected chi connectivity index (χ4v) is 0.752. The summed E-state index contributed by atoms with van der Waals surface area (Å²) >= 11 is 2.38. The molecule has 78 valence electrons. The van der Waals surface area contributed by atoms with Gasteiger partial charge in [0.1, 0.15) is 0 Å². The van der Waals surface area contributed by atoms with Crippen LogP contribution in [0.15, 0.2) is 0 Å². The quantitative estimate of drug-likeness (QED) is 0.453. The summed E-state index contributed by atoms with van der Waals surface area (Å²) in [4.78, 5) is 11.1. The average Bonchev–Trinajstić information content (AvgIpc) is 1.97. The zero-order chi connectivity index (χ0) is 10.6. The van der Waals surface area contributed by atoms with Crippen LogP contribution in [0.1, 0.15) is 34.6 Å². The van der Waals surface area contributed by atoms with E-state index in [0.717, 1.165) is 0 Å². The molecule has 0 aromatic rings. The molecule has 0 amide bonds. The van der Waals surface area contributed by atoms with Gasteiger partial charge in [0.05, 0.1) is 12.5 Å². The van der Waals surface area contributed by atoms with E-state index in [1.807, 2.05) is 13.8 Å². The Balaban J connectivity index is 3.84. The molecular formula is C10H19IO2. The lowest BCUT2D eigenvalue weighted by molar-refractivity contribution is -0.148. The van der Waals surface area contributed by atoms with E-state index in [-0.39, 0.29) is 15.3 Å². The maximum atomic E-state index is 11.1. The maximum absolute atomic E-state index is 11.1. The molecule has 0 N–H and O–H groups in total. The number of halogens is 1. The number of esters is 1. The van der Waals surface area contributed by atoms with Gasteiger partial charge in [0.25, 0.3) is 0 Å². The van der Waals surface area contributed by atoms with Gasteiger partial charge in [0, 0.05) is 9.34 Å². The van der Waals surface area contributed by atoms with Crippen LogP contribution < -0.4 is 0 Å². The third-order valence-corrected chi connectivity index (χ3v) is 3.18. The molecule has 0 saturated heterocycles. The van der Waals surface area contributed by atoms with Crippen molar-refractivity contribution in [2.45, 2.75) is 38.0 Å². The van der Waals surface area contributed by atoms with E-state index in [4.69, 9.17) is 4.74 Å². The summed E-state index contributed by atoms with van der Waals surface area (Å²) in [6.45, 7) is 10.6. The van der Waals surface area contributed by atoms with Crippen LogP contribution >= 0.6 is 22.6 Å². The van der Waals surface area contributed by atoms with E-state index < -0.39 is 0 Å². The van der Waals surface area contributed by atoms with Gasteiger partial charge in [0.15, 0.2) is 0 Å². The van der Waals surface area contributed by atoms with Crippen molar-refractivity contribution in [2.75, 3.05) is 6.61 Å². The molecule has 0 rings (SSSR count). The molecule has 0 aliphatic rings. The van der Waals surface area contributed by atoms with Gasteiger partial charge in [-0.3, -0.25) is 4.79 Å². The van der Waals surface area contributed by atoms with Crippen LogP contribution in [-0.4, -0.2) is 16.0 Å². The Morgan fingerprint density at radius 2 is 1.85 bits per heavy atom. The van der Waals surface area contributed by atoms with E-state index in [1.165, 1.54) is 0 Å². The molecule has 0 heterocycles. The van der Waals surface area contributed by atoms with Crippen LogP contribution in [0.5, 0.6) is 0 Å². The summed E-state index contributed by atoms with van der Waals surface area (Å²) in [7, 11) is 0. The fraction of sp³-hybridized carbons (Fsp3) is 0.900. The van der Waals surface area contributed by atoms with Crippen LogP contribution in [0.2, 0.25) is 0 Å². The Hall–Kier alpha value is 0.200. The molecule has 0 radical (unpaired) electrons. The van der Waals surface area contributed by atoms with Gasteiger partial charge in [-0.1, -0.05) is 57.2 Å². The average molecular weight is 298 g/mol. The van der Waals surface area contributed by atoms with Crippen LogP contribution in [0, 0.1) is 11.8 Å². The summed E-state index contributed by atoms with van der Waals surface area (Å²) in [5, 5.41) is 0. The highest BCUT2D eigenvalue weighted by Gasteiger charge is 2.23. The molecule has 0 aromatic heterocycles. The Morgan fingerprint density at radius 3 is 2.15 bits per heavy atom. The zero-order valence-electron chi connectivity index (χ0n) is 9.06. The fourth-order valence-electron chi connectivity index (χ4n) is 0.572. The monoisotopic (exact) mass is 298 g/mol. The topological polar surface area (TPSA) is 26.3 Å². The van der Waals surface area contributed by atoms with Crippen LogP contribution in [0.25, 0.3) is 0 Å². The SMILES string of the molecule is CC(C)C(=O)OCC(C)C(C)(C)I. The third-order valence-electron chi connectivity index (χ3n) is 2.12. The van der Waals surface area contributed by atoms with Crippen molar-refractivity contribution in [1.29, 1.82) is 0 Å². The molecule has 0 spiro atoms. The lowest BCUT2D eigenvalue weighted by atomic mass is 9.99. The van der Waals surface area contributed by atoms with E-state index in [9.17, 15) is 4.79 Å². The highest BCUT2D eigenvalue weighted by Crippen LogP contribution is 2.27. The molecule has 1 unspecified atom stereocenters. The molecule has 13 heavy (non-hydrogen) atoms. The standard InChI is InChI=1S/C10H19IO2/c1-7(2)9(12)13-6-8(3)10(4,5)11/h7-8H,6H2,1-5H3. The Kier molecular flexibility index (Phi) is 5.25. The van der Waals surface area contributed by atoms with Crippen LogP contribution in [0.3, 0.4) is 0 Å². The molecule has 0 aromatic carbocycles. The van der Waals surface area contributed by atoms with Gasteiger partial charge in [-0.05, 0) is 0 Å². The van der Waals surface area contributed by atoms with Crippen molar-refractivity contribution in [3.8, 4) is 0 Å². The second-order valence-electron chi connectivity index (χ2n) is 4.25. The predicted octanol–water partition coefficient (Wildman–Crippen LogP) is 3.04. The molecule has 0 bridgehead atoms.